The summed E-state index contributed by atoms with van der Waals surface area (Å²) in [7, 11) is -3.17. The molecule has 1 fully saturated rings. The molecule has 2 rings (SSSR count). The molecule has 0 saturated heterocycles. The molecule has 1 aliphatic rings. The molecule has 1 aromatic carbocycles. The average Bonchev–Trinajstić information content (AvgIpc) is 2.86. The van der Waals surface area contributed by atoms with E-state index in [0.717, 1.165) is 36.7 Å². The third-order valence-corrected chi connectivity index (χ3v) is 6.41. The molecule has 1 aliphatic carbocycles. The van der Waals surface area contributed by atoms with E-state index in [9.17, 15) is 8.42 Å². The molecule has 2 unspecified atom stereocenters. The smallest absolute Gasteiger partial charge is 0.181 e. The highest BCUT2D eigenvalue weighted by Gasteiger charge is 2.34. The normalized spacial score (nSPS) is 23.7. The van der Waals surface area contributed by atoms with E-state index < -0.39 is 9.84 Å². The van der Waals surface area contributed by atoms with Crippen molar-refractivity contribution in [2.75, 3.05) is 6.54 Å². The molecule has 1 aromatic rings. The van der Waals surface area contributed by atoms with Gasteiger partial charge in [-0.05, 0) is 56.5 Å². The van der Waals surface area contributed by atoms with Crippen LogP contribution in [0.15, 0.2) is 33.6 Å². The average molecular weight is 346 g/mol. The minimum absolute atomic E-state index is 0.233. The molecular weight excluding hydrogens is 326 g/mol. The summed E-state index contributed by atoms with van der Waals surface area (Å²) in [5.41, 5.74) is 0. The number of halogens is 1. The van der Waals surface area contributed by atoms with Gasteiger partial charge in [-0.3, -0.25) is 0 Å². The number of hydrogen-bond donors (Lipinski definition) is 1. The second-order valence-electron chi connectivity index (χ2n) is 5.09. The largest absolute Gasteiger partial charge is 0.314 e. The van der Waals surface area contributed by atoms with Gasteiger partial charge in [0, 0.05) is 10.5 Å². The van der Waals surface area contributed by atoms with Gasteiger partial charge in [0.1, 0.15) is 0 Å². The molecule has 0 spiro atoms. The highest BCUT2D eigenvalue weighted by atomic mass is 79.9. The van der Waals surface area contributed by atoms with E-state index in [1.54, 1.807) is 24.3 Å². The fraction of sp³-hybridized carbons (Fsp3) is 0.571. The van der Waals surface area contributed by atoms with Crippen LogP contribution < -0.4 is 5.32 Å². The molecule has 1 N–H and O–H groups in total. The Morgan fingerprint density at radius 2 is 1.95 bits per heavy atom. The van der Waals surface area contributed by atoms with Gasteiger partial charge < -0.3 is 5.32 Å². The maximum Gasteiger partial charge on any atom is 0.181 e. The van der Waals surface area contributed by atoms with E-state index in [1.807, 2.05) is 0 Å². The summed E-state index contributed by atoms with van der Waals surface area (Å²) in [4.78, 5) is 0.442. The molecule has 5 heteroatoms. The zero-order chi connectivity index (χ0) is 13.9. The van der Waals surface area contributed by atoms with Gasteiger partial charge in [0.2, 0.25) is 0 Å². The standard InChI is InChI=1S/C14H20BrNO2S/c1-2-9-16-12-5-8-14(10-12)19(17,18)13-6-3-11(15)4-7-13/h3-4,6-7,12,14,16H,2,5,8-10H2,1H3. The fourth-order valence-electron chi connectivity index (χ4n) is 2.57. The fourth-order valence-corrected chi connectivity index (χ4v) is 4.67. The maximum absolute atomic E-state index is 12.5. The summed E-state index contributed by atoms with van der Waals surface area (Å²) in [6.45, 7) is 3.09. The molecule has 0 amide bonds. The second-order valence-corrected chi connectivity index (χ2v) is 8.23. The monoisotopic (exact) mass is 345 g/mol. The number of benzene rings is 1. The molecule has 0 radical (unpaired) electrons. The topological polar surface area (TPSA) is 46.2 Å². The minimum Gasteiger partial charge on any atom is -0.314 e. The Bertz CT molecular complexity index is 513. The van der Waals surface area contributed by atoms with Crippen LogP contribution in [-0.4, -0.2) is 26.3 Å². The lowest BCUT2D eigenvalue weighted by Crippen LogP contribution is -2.29. The van der Waals surface area contributed by atoms with E-state index in [2.05, 4.69) is 28.2 Å². The Morgan fingerprint density at radius 3 is 2.58 bits per heavy atom. The van der Waals surface area contributed by atoms with Crippen molar-refractivity contribution in [2.45, 2.75) is 48.8 Å². The summed E-state index contributed by atoms with van der Waals surface area (Å²) in [5.74, 6) is 0. The number of nitrogens with one attached hydrogen (secondary N) is 1. The van der Waals surface area contributed by atoms with Crippen molar-refractivity contribution in [1.82, 2.24) is 5.32 Å². The Kier molecular flexibility index (Phi) is 5.03. The van der Waals surface area contributed by atoms with Crippen molar-refractivity contribution < 1.29 is 8.42 Å². The molecule has 106 valence electrons. The highest BCUT2D eigenvalue weighted by molar-refractivity contribution is 9.10. The SMILES string of the molecule is CCCNC1CCC(S(=O)(=O)c2ccc(Br)cc2)C1. The van der Waals surface area contributed by atoms with Crippen molar-refractivity contribution in [2.24, 2.45) is 0 Å². The molecule has 0 heterocycles. The van der Waals surface area contributed by atoms with Gasteiger partial charge in [-0.1, -0.05) is 22.9 Å². The van der Waals surface area contributed by atoms with Gasteiger partial charge in [0.25, 0.3) is 0 Å². The van der Waals surface area contributed by atoms with Crippen molar-refractivity contribution in [1.29, 1.82) is 0 Å². The number of rotatable bonds is 5. The molecule has 19 heavy (non-hydrogen) atoms. The third kappa shape index (κ3) is 3.58. The first-order valence-corrected chi connectivity index (χ1v) is 9.11. The molecule has 2 atom stereocenters. The van der Waals surface area contributed by atoms with E-state index >= 15 is 0 Å². The van der Waals surface area contributed by atoms with Crippen LogP contribution in [0.2, 0.25) is 0 Å². The van der Waals surface area contributed by atoms with Gasteiger partial charge in [0.05, 0.1) is 10.1 Å². The molecule has 0 aliphatic heterocycles. The van der Waals surface area contributed by atoms with Crippen LogP contribution >= 0.6 is 15.9 Å². The summed E-state index contributed by atoms with van der Waals surface area (Å²) in [6, 6.07) is 7.30. The summed E-state index contributed by atoms with van der Waals surface area (Å²) in [6.07, 6.45) is 3.54. The Hall–Kier alpha value is -0.390. The van der Waals surface area contributed by atoms with E-state index in [-0.39, 0.29) is 5.25 Å². The molecule has 0 aromatic heterocycles. The number of sulfone groups is 1. The van der Waals surface area contributed by atoms with Crippen LogP contribution in [0.25, 0.3) is 0 Å². The molecule has 1 saturated carbocycles. The van der Waals surface area contributed by atoms with Crippen molar-refractivity contribution in [3.05, 3.63) is 28.7 Å². The van der Waals surface area contributed by atoms with Crippen molar-refractivity contribution in [3.63, 3.8) is 0 Å². The van der Waals surface area contributed by atoms with Gasteiger partial charge in [0.15, 0.2) is 9.84 Å². The van der Waals surface area contributed by atoms with Gasteiger partial charge in [-0.25, -0.2) is 8.42 Å². The van der Waals surface area contributed by atoms with Crippen LogP contribution in [0, 0.1) is 0 Å². The van der Waals surface area contributed by atoms with Gasteiger partial charge in [-0.2, -0.15) is 0 Å². The van der Waals surface area contributed by atoms with Crippen molar-refractivity contribution in [3.8, 4) is 0 Å². The minimum atomic E-state index is -3.17. The molecule has 0 bridgehead atoms. The van der Waals surface area contributed by atoms with E-state index in [0.29, 0.717) is 10.9 Å². The van der Waals surface area contributed by atoms with Gasteiger partial charge in [-0.15, -0.1) is 0 Å². The summed E-state index contributed by atoms with van der Waals surface area (Å²) in [5, 5.41) is 3.19. The van der Waals surface area contributed by atoms with Crippen molar-refractivity contribution >= 4 is 25.8 Å². The molecule has 3 nitrogen and oxygen atoms in total. The van der Waals surface area contributed by atoms with Crippen LogP contribution in [0.4, 0.5) is 0 Å². The zero-order valence-corrected chi connectivity index (χ0v) is 13.5. The van der Waals surface area contributed by atoms with E-state index in [1.165, 1.54) is 0 Å². The lowest BCUT2D eigenvalue weighted by atomic mass is 10.2. The summed E-state index contributed by atoms with van der Waals surface area (Å²) < 4.78 is 25.9. The van der Waals surface area contributed by atoms with Crippen LogP contribution in [0.1, 0.15) is 32.6 Å². The zero-order valence-electron chi connectivity index (χ0n) is 11.1. The van der Waals surface area contributed by atoms with E-state index in [4.69, 9.17) is 0 Å². The maximum atomic E-state index is 12.5. The predicted octanol–water partition coefficient (Wildman–Crippen LogP) is 3.14. The summed E-state index contributed by atoms with van der Waals surface area (Å²) >= 11 is 3.33. The first kappa shape index (κ1) is 15.0. The Morgan fingerprint density at radius 1 is 1.26 bits per heavy atom. The highest BCUT2D eigenvalue weighted by Crippen LogP contribution is 2.30. The van der Waals surface area contributed by atoms with Crippen LogP contribution in [0.5, 0.6) is 0 Å². The first-order valence-electron chi connectivity index (χ1n) is 6.77. The number of hydrogen-bond acceptors (Lipinski definition) is 3. The predicted molar refractivity (Wildman–Crippen MR) is 81.0 cm³/mol. The second kappa shape index (κ2) is 6.37. The van der Waals surface area contributed by atoms with Crippen LogP contribution in [0.3, 0.4) is 0 Å². The Balaban J connectivity index is 2.07. The van der Waals surface area contributed by atoms with Crippen LogP contribution in [-0.2, 0) is 9.84 Å². The lowest BCUT2D eigenvalue weighted by molar-refractivity contribution is 0.520. The quantitative estimate of drug-likeness (QED) is 0.891. The molecular formula is C14H20BrNO2S. The third-order valence-electron chi connectivity index (χ3n) is 3.65. The van der Waals surface area contributed by atoms with Gasteiger partial charge >= 0.3 is 0 Å². The lowest BCUT2D eigenvalue weighted by Gasteiger charge is -2.13. The first-order chi connectivity index (χ1) is 9.04. The Labute approximate surface area is 123 Å².